The molecule has 132 valence electrons. The lowest BCUT2D eigenvalue weighted by Crippen LogP contribution is -2.29. The van der Waals surface area contributed by atoms with E-state index in [1.165, 1.54) is 24.9 Å². The molecule has 1 N–H and O–H groups in total. The Labute approximate surface area is 148 Å². The lowest BCUT2D eigenvalue weighted by molar-refractivity contribution is 0.578. The van der Waals surface area contributed by atoms with Gasteiger partial charge in [-0.15, -0.1) is 10.2 Å². The summed E-state index contributed by atoms with van der Waals surface area (Å²) < 4.78 is 26.5. The molecule has 2 aliphatic rings. The predicted molar refractivity (Wildman–Crippen MR) is 99.1 cm³/mol. The monoisotopic (exact) mass is 358 g/mol. The van der Waals surface area contributed by atoms with E-state index < -0.39 is 10.0 Å². The van der Waals surface area contributed by atoms with Crippen molar-refractivity contribution in [2.24, 2.45) is 0 Å². The van der Waals surface area contributed by atoms with E-state index in [9.17, 15) is 8.42 Å². The Balaban J connectivity index is 1.58. The molecule has 7 heteroatoms. The van der Waals surface area contributed by atoms with Gasteiger partial charge in [0.15, 0.2) is 5.82 Å². The largest absolute Gasteiger partial charge is 0.371 e. The number of anilines is 2. The van der Waals surface area contributed by atoms with Crippen molar-refractivity contribution in [3.63, 3.8) is 0 Å². The van der Waals surface area contributed by atoms with Crippen molar-refractivity contribution in [3.8, 4) is 11.3 Å². The fraction of sp³-hybridized carbons (Fsp3) is 0.444. The molecule has 2 aromatic rings. The van der Waals surface area contributed by atoms with Crippen molar-refractivity contribution in [2.45, 2.75) is 37.4 Å². The number of aromatic nitrogens is 2. The van der Waals surface area contributed by atoms with Gasteiger partial charge < -0.3 is 4.90 Å². The molecule has 0 radical (unpaired) electrons. The highest BCUT2D eigenvalue weighted by molar-refractivity contribution is 7.93. The Morgan fingerprint density at radius 3 is 2.40 bits per heavy atom. The van der Waals surface area contributed by atoms with E-state index in [2.05, 4.69) is 25.9 Å². The summed E-state index contributed by atoms with van der Waals surface area (Å²) in [6.45, 7) is 2.12. The predicted octanol–water partition coefficient (Wildman–Crippen LogP) is 3.04. The normalized spacial score (nSPS) is 18.2. The summed E-state index contributed by atoms with van der Waals surface area (Å²) >= 11 is 0. The van der Waals surface area contributed by atoms with Crippen LogP contribution in [0, 0.1) is 0 Å². The van der Waals surface area contributed by atoms with Crippen LogP contribution in [-0.4, -0.2) is 37.0 Å². The van der Waals surface area contributed by atoms with Crippen molar-refractivity contribution in [1.82, 2.24) is 10.2 Å². The zero-order chi connectivity index (χ0) is 17.3. The zero-order valence-corrected chi connectivity index (χ0v) is 14.9. The van der Waals surface area contributed by atoms with Crippen molar-refractivity contribution in [1.29, 1.82) is 0 Å². The molecule has 1 aliphatic heterocycles. The second-order valence-electron chi connectivity index (χ2n) is 6.72. The van der Waals surface area contributed by atoms with Gasteiger partial charge in [-0.1, -0.05) is 18.2 Å². The number of nitrogens with zero attached hydrogens (tertiary/aromatic N) is 3. The maximum atomic E-state index is 12.0. The van der Waals surface area contributed by atoms with Crippen LogP contribution in [0.15, 0.2) is 36.4 Å². The molecule has 0 bridgehead atoms. The van der Waals surface area contributed by atoms with Crippen LogP contribution in [0.3, 0.4) is 0 Å². The van der Waals surface area contributed by atoms with Crippen LogP contribution >= 0.6 is 0 Å². The van der Waals surface area contributed by atoms with E-state index in [1.807, 2.05) is 24.3 Å². The average Bonchev–Trinajstić information content (AvgIpc) is 3.49. The summed E-state index contributed by atoms with van der Waals surface area (Å²) in [5, 5.41) is 8.07. The topological polar surface area (TPSA) is 75.2 Å². The maximum absolute atomic E-state index is 12.0. The van der Waals surface area contributed by atoms with Gasteiger partial charge in [-0.05, 0) is 50.3 Å². The summed E-state index contributed by atoms with van der Waals surface area (Å²) in [6, 6.07) is 11.7. The molecule has 25 heavy (non-hydrogen) atoms. The second kappa shape index (κ2) is 6.63. The standard InChI is InChI=1S/C18H22N4O2S/c23-25(24,14-8-9-14)21-18-11-10-16(19-20-18)15-6-2-3-7-17(15)22-12-4-1-5-13-22/h2-3,6-7,10-11,14H,1,4-5,8-9,12-13H2,(H,20,21). The van der Waals surface area contributed by atoms with Crippen molar-refractivity contribution < 1.29 is 8.42 Å². The number of hydrogen-bond donors (Lipinski definition) is 1. The Bertz CT molecular complexity index is 842. The van der Waals surface area contributed by atoms with E-state index in [4.69, 9.17) is 0 Å². The highest BCUT2D eigenvalue weighted by Crippen LogP contribution is 2.32. The van der Waals surface area contributed by atoms with Gasteiger partial charge in [-0.3, -0.25) is 4.72 Å². The Morgan fingerprint density at radius 1 is 0.960 bits per heavy atom. The van der Waals surface area contributed by atoms with Crippen LogP contribution in [0.1, 0.15) is 32.1 Å². The molecular formula is C18H22N4O2S. The maximum Gasteiger partial charge on any atom is 0.236 e. The van der Waals surface area contributed by atoms with E-state index in [0.717, 1.165) is 37.2 Å². The van der Waals surface area contributed by atoms with Crippen LogP contribution < -0.4 is 9.62 Å². The number of nitrogens with one attached hydrogen (secondary N) is 1. The Kier molecular flexibility index (Phi) is 4.33. The molecule has 1 saturated carbocycles. The fourth-order valence-electron chi connectivity index (χ4n) is 3.24. The Morgan fingerprint density at radius 2 is 1.72 bits per heavy atom. The first kappa shape index (κ1) is 16.3. The molecule has 1 saturated heterocycles. The van der Waals surface area contributed by atoms with Gasteiger partial charge in [0.05, 0.1) is 10.9 Å². The molecular weight excluding hydrogens is 336 g/mol. The highest BCUT2D eigenvalue weighted by Gasteiger charge is 2.36. The van der Waals surface area contributed by atoms with Gasteiger partial charge in [0.25, 0.3) is 0 Å². The number of sulfonamides is 1. The lowest BCUT2D eigenvalue weighted by Gasteiger charge is -2.30. The molecule has 4 rings (SSSR count). The molecule has 0 amide bonds. The third-order valence-corrected chi connectivity index (χ3v) is 6.59. The number of benzene rings is 1. The summed E-state index contributed by atoms with van der Waals surface area (Å²) in [5.74, 6) is 0.283. The molecule has 0 atom stereocenters. The molecule has 2 heterocycles. The van der Waals surface area contributed by atoms with Crippen molar-refractivity contribution in [3.05, 3.63) is 36.4 Å². The summed E-state index contributed by atoms with van der Waals surface area (Å²) in [7, 11) is -3.30. The van der Waals surface area contributed by atoms with Gasteiger partial charge in [-0.2, -0.15) is 0 Å². The molecule has 1 aromatic heterocycles. The summed E-state index contributed by atoms with van der Waals surface area (Å²) in [5.41, 5.74) is 2.96. The quantitative estimate of drug-likeness (QED) is 0.889. The lowest BCUT2D eigenvalue weighted by atomic mass is 10.0. The number of hydrogen-bond acceptors (Lipinski definition) is 5. The highest BCUT2D eigenvalue weighted by atomic mass is 32.2. The van der Waals surface area contributed by atoms with Crippen LogP contribution in [-0.2, 0) is 10.0 Å². The van der Waals surface area contributed by atoms with E-state index in [1.54, 1.807) is 6.07 Å². The third-order valence-electron chi connectivity index (χ3n) is 4.75. The SMILES string of the molecule is O=S(=O)(Nc1ccc(-c2ccccc2N2CCCCC2)nn1)C1CC1. The number of rotatable bonds is 5. The minimum atomic E-state index is -3.30. The first-order valence-corrected chi connectivity index (χ1v) is 10.4. The number of para-hydroxylation sites is 1. The molecule has 6 nitrogen and oxygen atoms in total. The zero-order valence-electron chi connectivity index (χ0n) is 14.1. The first-order valence-electron chi connectivity index (χ1n) is 8.83. The average molecular weight is 358 g/mol. The van der Waals surface area contributed by atoms with Gasteiger partial charge in [-0.25, -0.2) is 8.42 Å². The Hall–Kier alpha value is -2.15. The van der Waals surface area contributed by atoms with E-state index >= 15 is 0 Å². The van der Waals surface area contributed by atoms with Crippen LogP contribution in [0.4, 0.5) is 11.5 Å². The van der Waals surface area contributed by atoms with Crippen molar-refractivity contribution >= 4 is 21.5 Å². The van der Waals surface area contributed by atoms with E-state index in [0.29, 0.717) is 0 Å². The first-order chi connectivity index (χ1) is 12.1. The molecule has 0 unspecified atom stereocenters. The summed E-state index contributed by atoms with van der Waals surface area (Å²) in [6.07, 6.45) is 5.16. The second-order valence-corrected chi connectivity index (χ2v) is 8.68. The smallest absolute Gasteiger partial charge is 0.236 e. The van der Waals surface area contributed by atoms with Gasteiger partial charge in [0.2, 0.25) is 10.0 Å². The van der Waals surface area contributed by atoms with Crippen LogP contribution in [0.5, 0.6) is 0 Å². The van der Waals surface area contributed by atoms with Gasteiger partial charge in [0.1, 0.15) is 0 Å². The molecule has 1 aliphatic carbocycles. The molecule has 0 spiro atoms. The van der Waals surface area contributed by atoms with E-state index in [-0.39, 0.29) is 11.1 Å². The number of piperidine rings is 1. The minimum Gasteiger partial charge on any atom is -0.371 e. The minimum absolute atomic E-state index is 0.270. The van der Waals surface area contributed by atoms with Gasteiger partial charge in [0, 0.05) is 24.3 Å². The third kappa shape index (κ3) is 3.61. The van der Waals surface area contributed by atoms with Gasteiger partial charge >= 0.3 is 0 Å². The molecule has 2 fully saturated rings. The fourth-order valence-corrected chi connectivity index (χ4v) is 4.56. The van der Waals surface area contributed by atoms with Crippen LogP contribution in [0.2, 0.25) is 0 Å². The molecule has 1 aromatic carbocycles. The summed E-state index contributed by atoms with van der Waals surface area (Å²) in [4.78, 5) is 2.39. The van der Waals surface area contributed by atoms with Crippen molar-refractivity contribution in [2.75, 3.05) is 22.7 Å². The van der Waals surface area contributed by atoms with Crippen LogP contribution in [0.25, 0.3) is 11.3 Å².